The van der Waals surface area contributed by atoms with E-state index < -0.39 is 5.60 Å². The molecule has 1 unspecified atom stereocenters. The van der Waals surface area contributed by atoms with Crippen LogP contribution in [0.5, 0.6) is 0 Å². The third-order valence-electron chi connectivity index (χ3n) is 8.57. The number of likely N-dealkylation sites (tertiary alicyclic amines) is 2. The van der Waals surface area contributed by atoms with Gasteiger partial charge in [-0.2, -0.15) is 0 Å². The van der Waals surface area contributed by atoms with Crippen molar-refractivity contribution >= 4 is 28.2 Å². The molecule has 2 aromatic carbocycles. The van der Waals surface area contributed by atoms with Gasteiger partial charge in [0.1, 0.15) is 17.2 Å². The van der Waals surface area contributed by atoms with Gasteiger partial charge in [-0.3, -0.25) is 9.80 Å². The predicted octanol–water partition coefficient (Wildman–Crippen LogP) is 8.19. The Balaban J connectivity index is 1.15. The summed E-state index contributed by atoms with van der Waals surface area (Å²) in [4.78, 5) is 36.0. The van der Waals surface area contributed by atoms with Crippen LogP contribution in [0.2, 0.25) is 0 Å². The third kappa shape index (κ3) is 5.36. The van der Waals surface area contributed by atoms with Gasteiger partial charge < -0.3 is 14.7 Å². The lowest BCUT2D eigenvalue weighted by Gasteiger charge is -2.27. The SMILES string of the molecule is CN1CCC[C@@H]1c1ncc(-c2cccc3c(-c4ccc(-c5cnc(C6CCCN6C(=O)OC(C)(C)C)[nH]5)s4)cccc23)[nH]1. The normalized spacial score (nSPS) is 19.5. The molecule has 9 heteroatoms. The number of fused-ring (bicyclic) bond motifs is 1. The van der Waals surface area contributed by atoms with Gasteiger partial charge in [0.05, 0.1) is 40.7 Å². The van der Waals surface area contributed by atoms with E-state index in [1.807, 2.05) is 33.2 Å². The van der Waals surface area contributed by atoms with Gasteiger partial charge in [-0.05, 0) is 88.5 Å². The van der Waals surface area contributed by atoms with Crippen molar-refractivity contribution in [3.8, 4) is 32.3 Å². The first kappa shape index (κ1) is 27.9. The topological polar surface area (TPSA) is 90.1 Å². The van der Waals surface area contributed by atoms with E-state index in [0.717, 1.165) is 53.7 Å². The highest BCUT2D eigenvalue weighted by atomic mass is 32.1. The number of hydrogen-bond acceptors (Lipinski definition) is 6. The number of rotatable bonds is 5. The molecule has 5 aromatic rings. The third-order valence-corrected chi connectivity index (χ3v) is 9.72. The Labute approximate surface area is 256 Å². The number of aromatic nitrogens is 4. The molecule has 8 nitrogen and oxygen atoms in total. The zero-order chi connectivity index (χ0) is 29.7. The lowest BCUT2D eigenvalue weighted by atomic mass is 9.98. The van der Waals surface area contributed by atoms with Gasteiger partial charge in [-0.1, -0.05) is 36.4 Å². The first-order valence-electron chi connectivity index (χ1n) is 15.2. The Morgan fingerprint density at radius 2 is 1.47 bits per heavy atom. The number of nitrogens with zero attached hydrogens (tertiary/aromatic N) is 4. The van der Waals surface area contributed by atoms with Gasteiger partial charge in [0.25, 0.3) is 0 Å². The molecule has 2 aliphatic heterocycles. The number of carbonyl (C=O) groups is 1. The second-order valence-electron chi connectivity index (χ2n) is 12.7. The van der Waals surface area contributed by atoms with E-state index >= 15 is 0 Å². The van der Waals surface area contributed by atoms with E-state index in [4.69, 9.17) is 14.7 Å². The van der Waals surface area contributed by atoms with Crippen molar-refractivity contribution in [2.45, 2.75) is 64.1 Å². The molecule has 0 aliphatic carbocycles. The second-order valence-corrected chi connectivity index (χ2v) is 13.8. The lowest BCUT2D eigenvalue weighted by Crippen LogP contribution is -2.36. The summed E-state index contributed by atoms with van der Waals surface area (Å²) < 4.78 is 5.66. The molecule has 3 aromatic heterocycles. The summed E-state index contributed by atoms with van der Waals surface area (Å²) in [5.74, 6) is 1.86. The molecule has 5 heterocycles. The van der Waals surface area contributed by atoms with Crippen LogP contribution in [-0.4, -0.2) is 61.6 Å². The fraction of sp³-hybridized carbons (Fsp3) is 0.382. The molecule has 2 saturated heterocycles. The first-order valence-corrected chi connectivity index (χ1v) is 16.0. The average Bonchev–Trinajstić information content (AvgIpc) is 3.81. The minimum Gasteiger partial charge on any atom is -0.444 e. The summed E-state index contributed by atoms with van der Waals surface area (Å²) in [6.07, 6.45) is 7.75. The van der Waals surface area contributed by atoms with E-state index in [1.54, 1.807) is 16.2 Å². The summed E-state index contributed by atoms with van der Waals surface area (Å²) in [5, 5.41) is 2.42. The molecule has 2 fully saturated rings. The van der Waals surface area contributed by atoms with Crippen LogP contribution in [0.15, 0.2) is 60.9 Å². The predicted molar refractivity (Wildman–Crippen MR) is 172 cm³/mol. The van der Waals surface area contributed by atoms with Gasteiger partial charge in [-0.15, -0.1) is 11.3 Å². The van der Waals surface area contributed by atoms with Crippen molar-refractivity contribution in [3.63, 3.8) is 0 Å². The summed E-state index contributed by atoms with van der Waals surface area (Å²) >= 11 is 1.75. The summed E-state index contributed by atoms with van der Waals surface area (Å²) in [7, 11) is 2.18. The van der Waals surface area contributed by atoms with E-state index in [9.17, 15) is 4.79 Å². The zero-order valence-corrected chi connectivity index (χ0v) is 26.0. The maximum atomic E-state index is 12.8. The molecule has 1 amide bonds. The van der Waals surface area contributed by atoms with E-state index in [1.165, 1.54) is 33.2 Å². The molecule has 2 atom stereocenters. The van der Waals surface area contributed by atoms with Crippen LogP contribution in [0.3, 0.4) is 0 Å². The highest BCUT2D eigenvalue weighted by molar-refractivity contribution is 7.18. The molecular formula is C34H38N6O2S. The van der Waals surface area contributed by atoms with Gasteiger partial charge in [-0.25, -0.2) is 14.8 Å². The van der Waals surface area contributed by atoms with Crippen LogP contribution >= 0.6 is 11.3 Å². The Bertz CT molecular complexity index is 1780. The number of hydrogen-bond donors (Lipinski definition) is 2. The second kappa shape index (κ2) is 11.0. The minimum absolute atomic E-state index is 0.100. The van der Waals surface area contributed by atoms with Crippen LogP contribution in [-0.2, 0) is 4.74 Å². The number of nitrogens with one attached hydrogen (secondary N) is 2. The van der Waals surface area contributed by atoms with Crippen molar-refractivity contribution in [1.82, 2.24) is 29.7 Å². The highest BCUT2D eigenvalue weighted by Gasteiger charge is 2.35. The van der Waals surface area contributed by atoms with Crippen molar-refractivity contribution in [2.24, 2.45) is 0 Å². The summed E-state index contributed by atoms with van der Waals surface area (Å²) in [6, 6.07) is 17.7. The molecular weight excluding hydrogens is 556 g/mol. The smallest absolute Gasteiger partial charge is 0.410 e. The van der Waals surface area contributed by atoms with E-state index in [-0.39, 0.29) is 12.1 Å². The number of carbonyl (C=O) groups excluding carboxylic acids is 1. The van der Waals surface area contributed by atoms with Crippen LogP contribution < -0.4 is 0 Å². The summed E-state index contributed by atoms with van der Waals surface area (Å²) in [6.45, 7) is 7.49. The molecule has 0 radical (unpaired) electrons. The highest BCUT2D eigenvalue weighted by Crippen LogP contribution is 2.41. The molecule has 0 spiro atoms. The number of imidazole rings is 2. The quantitative estimate of drug-likeness (QED) is 0.214. The van der Waals surface area contributed by atoms with Gasteiger partial charge in [0, 0.05) is 17.0 Å². The number of aromatic amines is 2. The zero-order valence-electron chi connectivity index (χ0n) is 25.2. The van der Waals surface area contributed by atoms with E-state index in [2.05, 4.69) is 70.4 Å². The number of ether oxygens (including phenoxy) is 1. The Morgan fingerprint density at radius 1 is 0.837 bits per heavy atom. The lowest BCUT2D eigenvalue weighted by molar-refractivity contribution is 0.0218. The minimum atomic E-state index is -0.526. The van der Waals surface area contributed by atoms with Crippen molar-refractivity contribution in [1.29, 1.82) is 0 Å². The van der Waals surface area contributed by atoms with Crippen LogP contribution in [0.25, 0.3) is 43.0 Å². The molecule has 0 bridgehead atoms. The molecule has 0 saturated carbocycles. The number of H-pyrrole nitrogens is 2. The molecule has 2 aliphatic rings. The maximum Gasteiger partial charge on any atom is 0.410 e. The van der Waals surface area contributed by atoms with Crippen LogP contribution in [0, 0.1) is 0 Å². The summed E-state index contributed by atoms with van der Waals surface area (Å²) in [5.41, 5.74) is 3.87. The molecule has 43 heavy (non-hydrogen) atoms. The van der Waals surface area contributed by atoms with E-state index in [0.29, 0.717) is 12.6 Å². The van der Waals surface area contributed by atoms with Crippen LogP contribution in [0.4, 0.5) is 4.79 Å². The van der Waals surface area contributed by atoms with Crippen molar-refractivity contribution in [2.75, 3.05) is 20.1 Å². The fourth-order valence-electron chi connectivity index (χ4n) is 6.51. The standard InChI is InChI=1S/C34H38N6O2S/c1-34(2,3)42-33(41)40-18-8-14-28(40)32-36-20-26(38-32)30-16-15-29(43-30)24-12-6-9-21-22(24)10-5-11-23(21)25-19-35-31(37-25)27-13-7-17-39(27)4/h5-6,9-12,15-16,19-20,27-28H,7-8,13-14,17-18H2,1-4H3,(H,35,37)(H,36,38)/t27-,28?/m1/s1. The molecule has 222 valence electrons. The maximum absolute atomic E-state index is 12.8. The van der Waals surface area contributed by atoms with Gasteiger partial charge in [0.2, 0.25) is 0 Å². The van der Waals surface area contributed by atoms with Crippen molar-refractivity contribution < 1.29 is 9.53 Å². The van der Waals surface area contributed by atoms with Crippen molar-refractivity contribution in [3.05, 3.63) is 72.6 Å². The number of amides is 1. The average molecular weight is 595 g/mol. The Morgan fingerprint density at radius 3 is 2.21 bits per heavy atom. The molecule has 7 rings (SSSR count). The van der Waals surface area contributed by atoms with Gasteiger partial charge >= 0.3 is 6.09 Å². The number of benzene rings is 2. The van der Waals surface area contributed by atoms with Crippen LogP contribution in [0.1, 0.15) is 70.2 Å². The Hall–Kier alpha value is -3.95. The fourth-order valence-corrected chi connectivity index (χ4v) is 7.52. The first-order chi connectivity index (χ1) is 20.7. The number of thiophene rings is 1. The molecule has 2 N–H and O–H groups in total. The Kier molecular flexibility index (Phi) is 7.10. The van der Waals surface area contributed by atoms with Gasteiger partial charge in [0.15, 0.2) is 0 Å². The largest absolute Gasteiger partial charge is 0.444 e. The monoisotopic (exact) mass is 594 g/mol.